The first-order valence-electron chi connectivity index (χ1n) is 36.2. The Morgan fingerprint density at radius 3 is 1.90 bits per heavy atom. The van der Waals surface area contributed by atoms with Gasteiger partial charge < -0.3 is 70.1 Å². The van der Waals surface area contributed by atoms with Gasteiger partial charge in [0.1, 0.15) is 72.1 Å². The fourth-order valence-corrected chi connectivity index (χ4v) is 16.9. The summed E-state index contributed by atoms with van der Waals surface area (Å²) in [6.07, 6.45) is -8.67. The van der Waals surface area contributed by atoms with E-state index in [9.17, 15) is 41.9 Å². The molecule has 4 N–H and O–H groups in total. The Kier molecular flexibility index (Phi) is 29.0. The van der Waals surface area contributed by atoms with Gasteiger partial charge in [0.05, 0.1) is 31.0 Å². The van der Waals surface area contributed by atoms with Crippen molar-refractivity contribution in [1.29, 1.82) is 0 Å². The van der Waals surface area contributed by atoms with Crippen LogP contribution in [-0.4, -0.2) is 300 Å². The molecule has 570 valence electrons. The minimum atomic E-state index is -5.17. The van der Waals surface area contributed by atoms with Crippen LogP contribution in [-0.2, 0) is 62.3 Å². The quantitative estimate of drug-likeness (QED) is 0.204. The molecule has 0 aromatic rings. The molecule has 3 aliphatic carbocycles. The number of hydrogen-bond acceptors (Lipinski definition) is 15. The van der Waals surface area contributed by atoms with E-state index in [0.29, 0.717) is 70.1 Å². The normalized spacial score (nSPS) is 32.1. The van der Waals surface area contributed by atoms with Crippen LogP contribution in [0.4, 0.5) is 22.0 Å². The lowest BCUT2D eigenvalue weighted by Gasteiger charge is -2.46. The summed E-state index contributed by atoms with van der Waals surface area (Å²) in [6, 6.07) is -10.5. The number of halogens is 5. The average Bonchev–Trinajstić information content (AvgIpc) is 1.72. The van der Waals surface area contributed by atoms with Gasteiger partial charge >= 0.3 is 6.18 Å². The molecule has 26 nitrogen and oxygen atoms in total. The fourth-order valence-electron chi connectivity index (χ4n) is 15.8. The van der Waals surface area contributed by atoms with Gasteiger partial charge in [-0.25, -0.2) is 8.78 Å². The molecule has 7 fully saturated rings. The van der Waals surface area contributed by atoms with Gasteiger partial charge in [0.15, 0.2) is 0 Å². The van der Waals surface area contributed by atoms with Crippen LogP contribution in [0.15, 0.2) is 0 Å². The van der Waals surface area contributed by atoms with Crippen molar-refractivity contribution in [3.05, 3.63) is 0 Å². The predicted molar refractivity (Wildman–Crippen MR) is 365 cm³/mol. The first-order chi connectivity index (χ1) is 47.6. The molecular weight excluding hydrogens is 1350 g/mol. The Balaban J connectivity index is 1.30. The Labute approximate surface area is 595 Å². The Morgan fingerprint density at radius 1 is 0.683 bits per heavy atom. The van der Waals surface area contributed by atoms with Crippen molar-refractivity contribution < 1.29 is 84.2 Å². The second-order valence-corrected chi connectivity index (χ2v) is 30.7. The standard InChI is InChI=1S/C69H110F5N13O13S/c1-13-40(4)57-65(97)81(8)39-55(90)83(10)48-24-17-16-20-30-86(64(48)96)51(35-53-75-29-31-101-53)63(95)80(7)38-52(88)76-46(26-25-41-32-44(70)56(45(71)33-41)69(72,73)74)61(93)87-37-43(100-15-3)34-49(87)60(92)78-68(27-21-28-68)67(99)85(12)58(42-22-18-19-23-42)66(98)84(11)50(62(94)79(5)6)36-54(89)82(9)47(14-2)59(91)77-57/h40-51,53,56-58,75H,13-39H2,1-12H3,(H,76,88)(H,77,91)(H,78,92)/t40-,41?,43+,44?,45?,46-,47-,48-,49-,50-,51-,53?,56?,57-,58-/m0/s1. The molecule has 0 radical (unpaired) electrons. The molecule has 7 aliphatic rings. The number of rotatable bonds is 12. The third-order valence-corrected chi connectivity index (χ3v) is 23.5. The number of carbonyl (C=O) groups excluding carboxylic acids is 12. The highest BCUT2D eigenvalue weighted by molar-refractivity contribution is 8.00. The van der Waals surface area contributed by atoms with Crippen molar-refractivity contribution in [2.45, 2.75) is 240 Å². The van der Waals surface area contributed by atoms with Crippen molar-refractivity contribution in [2.75, 3.05) is 101 Å². The van der Waals surface area contributed by atoms with Crippen molar-refractivity contribution in [2.24, 2.45) is 23.7 Å². The van der Waals surface area contributed by atoms with Gasteiger partial charge in [-0.15, -0.1) is 11.8 Å². The van der Waals surface area contributed by atoms with E-state index >= 15 is 37.5 Å². The van der Waals surface area contributed by atoms with Gasteiger partial charge in [0.25, 0.3) is 0 Å². The molecule has 0 aromatic heterocycles. The smallest absolute Gasteiger partial charge is 0.377 e. The van der Waals surface area contributed by atoms with Crippen LogP contribution in [0.2, 0.25) is 0 Å². The van der Waals surface area contributed by atoms with Crippen LogP contribution in [0, 0.1) is 23.7 Å². The minimum absolute atomic E-state index is 0.0414. The summed E-state index contributed by atoms with van der Waals surface area (Å²) in [4.78, 5) is 190. The number of hydrogen-bond donors (Lipinski definition) is 4. The van der Waals surface area contributed by atoms with E-state index in [1.54, 1.807) is 20.8 Å². The zero-order valence-corrected chi connectivity index (χ0v) is 61.8. The number of nitrogens with zero attached hydrogens (tertiary/aromatic N) is 9. The summed E-state index contributed by atoms with van der Waals surface area (Å²) >= 11 is 1.52. The Hall–Kier alpha value is -6.44. The van der Waals surface area contributed by atoms with Crippen LogP contribution < -0.4 is 21.3 Å². The van der Waals surface area contributed by atoms with E-state index in [-0.39, 0.29) is 70.0 Å². The Morgan fingerprint density at radius 2 is 1.33 bits per heavy atom. The van der Waals surface area contributed by atoms with Crippen LogP contribution in [0.25, 0.3) is 0 Å². The monoisotopic (exact) mass is 1460 g/mol. The van der Waals surface area contributed by atoms with Crippen molar-refractivity contribution in [1.82, 2.24) is 65.4 Å². The van der Waals surface area contributed by atoms with E-state index in [4.69, 9.17) is 4.74 Å². The van der Waals surface area contributed by atoms with Crippen molar-refractivity contribution in [3.8, 4) is 0 Å². The van der Waals surface area contributed by atoms with Gasteiger partial charge in [0.2, 0.25) is 70.9 Å². The Bertz CT molecular complexity index is 2970. The topological polar surface area (TPSA) is 291 Å². The number of amides is 12. The number of fused-ring (bicyclic) bond motifs is 3. The molecule has 13 atom stereocenters. The SMILES string of the molecule is CCO[C@@H]1C[C@H]2C(=O)NC3(CCC3)C(=O)N(C)[C@@H](C3CCCC3)C(=O)N(C)[C@H](C(=O)N(C)C)CC(=O)N(C)[C@@H](CC)C(=O)N[C@@H]([C@@H](C)CC)C(=O)N(C)CC(=O)N(C)[C@H]3CCCCCN(C3=O)[C@@H](CC3NCCS3)C(=O)N(C)CC(=O)N[C@@H](CCC3CC(F)C(C(F)(F)F)C(F)C3)C(=O)N2C1. The first-order valence-corrected chi connectivity index (χ1v) is 37.3. The van der Waals surface area contributed by atoms with Crippen LogP contribution in [0.1, 0.15) is 156 Å². The van der Waals surface area contributed by atoms with E-state index in [2.05, 4.69) is 21.3 Å². The molecule has 3 unspecified atom stereocenters. The van der Waals surface area contributed by atoms with Crippen LogP contribution in [0.3, 0.4) is 0 Å². The molecule has 12 amide bonds. The summed E-state index contributed by atoms with van der Waals surface area (Å²) < 4.78 is 78.6. The maximum absolute atomic E-state index is 15.4. The molecule has 4 heterocycles. The number of nitrogens with one attached hydrogen (secondary N) is 4. The van der Waals surface area contributed by atoms with E-state index in [1.165, 1.54) is 92.6 Å². The van der Waals surface area contributed by atoms with Gasteiger partial charge in [0, 0.05) is 101 Å². The van der Waals surface area contributed by atoms with Crippen LogP contribution in [0.5, 0.6) is 0 Å². The lowest BCUT2D eigenvalue weighted by Crippen LogP contribution is -2.68. The van der Waals surface area contributed by atoms with Gasteiger partial charge in [-0.05, 0) is 102 Å². The van der Waals surface area contributed by atoms with Gasteiger partial charge in [-0.2, -0.15) is 13.2 Å². The molecule has 7 rings (SSSR count). The zero-order valence-electron chi connectivity index (χ0n) is 61.0. The summed E-state index contributed by atoms with van der Waals surface area (Å²) in [7, 11) is 11.2. The molecule has 0 aromatic carbocycles. The maximum atomic E-state index is 15.4. The highest BCUT2D eigenvalue weighted by atomic mass is 32.2. The number of thioether (sulfide) groups is 1. The highest BCUT2D eigenvalue weighted by Crippen LogP contribution is 2.45. The highest BCUT2D eigenvalue weighted by Gasteiger charge is 2.56. The number of likely N-dealkylation sites (N-methyl/N-ethyl adjacent to an activating group) is 7. The van der Waals surface area contributed by atoms with E-state index in [0.717, 1.165) is 19.6 Å². The van der Waals surface area contributed by atoms with Gasteiger partial charge in [-0.1, -0.05) is 52.9 Å². The lowest BCUT2D eigenvalue weighted by atomic mass is 9.74. The average molecular weight is 1460 g/mol. The minimum Gasteiger partial charge on any atom is -0.377 e. The molecule has 2 bridgehead atoms. The molecule has 32 heteroatoms. The molecule has 1 spiro atoms. The lowest BCUT2D eigenvalue weighted by molar-refractivity contribution is -0.219. The van der Waals surface area contributed by atoms with Gasteiger partial charge in [-0.3, -0.25) is 57.5 Å². The number of ether oxygens (including phenoxy) is 1. The zero-order chi connectivity index (χ0) is 74.7. The molecule has 4 saturated heterocycles. The second-order valence-electron chi connectivity index (χ2n) is 29.3. The first kappa shape index (κ1) is 81.9. The summed E-state index contributed by atoms with van der Waals surface area (Å²) in [6.45, 7) is 6.19. The predicted octanol–water partition coefficient (Wildman–Crippen LogP) is 3.23. The third-order valence-electron chi connectivity index (χ3n) is 22.3. The van der Waals surface area contributed by atoms with Crippen molar-refractivity contribution >= 4 is 82.6 Å². The second kappa shape index (κ2) is 35.8. The van der Waals surface area contributed by atoms with Crippen LogP contribution >= 0.6 is 11.8 Å². The number of alkyl halides is 5. The summed E-state index contributed by atoms with van der Waals surface area (Å²) in [5.74, 6) is -12.7. The summed E-state index contributed by atoms with van der Waals surface area (Å²) in [5.41, 5.74) is -1.64. The van der Waals surface area contributed by atoms with E-state index < -0.39 is 212 Å². The maximum Gasteiger partial charge on any atom is 0.397 e. The third kappa shape index (κ3) is 19.5. The molecular formula is C69H110F5N13O13S. The largest absolute Gasteiger partial charge is 0.397 e. The fraction of sp³-hybridized carbons (Fsp3) is 0.826. The summed E-state index contributed by atoms with van der Waals surface area (Å²) in [5, 5.41) is 11.5. The molecule has 101 heavy (non-hydrogen) atoms. The number of carbonyl (C=O) groups is 12. The molecule has 4 aliphatic heterocycles. The van der Waals surface area contributed by atoms with Crippen molar-refractivity contribution in [3.63, 3.8) is 0 Å². The molecule has 3 saturated carbocycles. The van der Waals surface area contributed by atoms with E-state index in [1.807, 2.05) is 6.92 Å².